The van der Waals surface area contributed by atoms with Gasteiger partial charge in [-0.25, -0.2) is 13.4 Å². The number of sulfonamides is 1. The SMILES string of the molecule is N#Cc1ccc(S(=O)(=O)N2CCC(O)CC2)cn1. The first-order valence-electron chi connectivity index (χ1n) is 5.58. The molecule has 0 amide bonds. The van der Waals surface area contributed by atoms with Crippen LogP contribution in [0.1, 0.15) is 18.5 Å². The zero-order chi connectivity index (χ0) is 13.2. The van der Waals surface area contributed by atoms with E-state index >= 15 is 0 Å². The monoisotopic (exact) mass is 267 g/mol. The van der Waals surface area contributed by atoms with E-state index in [1.807, 2.05) is 6.07 Å². The van der Waals surface area contributed by atoms with Crippen molar-refractivity contribution in [2.24, 2.45) is 0 Å². The standard InChI is InChI=1S/C11H13N3O3S/c12-7-9-1-2-11(8-13-9)18(16,17)14-5-3-10(15)4-6-14/h1-2,8,10,15H,3-6H2. The predicted octanol–water partition coefficient (Wildman–Crippen LogP) is 0.0987. The van der Waals surface area contributed by atoms with Crippen molar-refractivity contribution in [3.05, 3.63) is 24.0 Å². The molecule has 1 saturated heterocycles. The highest BCUT2D eigenvalue weighted by molar-refractivity contribution is 7.89. The highest BCUT2D eigenvalue weighted by Gasteiger charge is 2.28. The minimum absolute atomic E-state index is 0.0814. The molecule has 7 heteroatoms. The third kappa shape index (κ3) is 2.51. The maximum atomic E-state index is 12.2. The van der Waals surface area contributed by atoms with E-state index < -0.39 is 16.1 Å². The molecule has 0 unspecified atom stereocenters. The second-order valence-corrected chi connectivity index (χ2v) is 6.06. The summed E-state index contributed by atoms with van der Waals surface area (Å²) in [6, 6.07) is 4.60. The molecule has 96 valence electrons. The van der Waals surface area contributed by atoms with Crippen molar-refractivity contribution in [3.8, 4) is 6.07 Å². The lowest BCUT2D eigenvalue weighted by Gasteiger charge is -2.28. The number of nitriles is 1. The van der Waals surface area contributed by atoms with Crippen molar-refractivity contribution in [1.82, 2.24) is 9.29 Å². The number of rotatable bonds is 2. The van der Waals surface area contributed by atoms with E-state index in [4.69, 9.17) is 5.26 Å². The average Bonchev–Trinajstić information content (AvgIpc) is 2.39. The van der Waals surface area contributed by atoms with Gasteiger partial charge in [-0.3, -0.25) is 0 Å². The molecule has 6 nitrogen and oxygen atoms in total. The number of aromatic nitrogens is 1. The van der Waals surface area contributed by atoms with Crippen molar-refractivity contribution >= 4 is 10.0 Å². The molecule has 1 aliphatic rings. The molecule has 1 aliphatic heterocycles. The molecule has 2 heterocycles. The third-order valence-electron chi connectivity index (χ3n) is 2.91. The molecule has 18 heavy (non-hydrogen) atoms. The van der Waals surface area contributed by atoms with Crippen LogP contribution in [0.5, 0.6) is 0 Å². The Hall–Kier alpha value is -1.49. The van der Waals surface area contributed by atoms with Gasteiger partial charge in [0.2, 0.25) is 10.0 Å². The highest BCUT2D eigenvalue weighted by atomic mass is 32.2. The van der Waals surface area contributed by atoms with E-state index in [0.717, 1.165) is 0 Å². The normalized spacial score (nSPS) is 18.4. The Morgan fingerprint density at radius 3 is 2.56 bits per heavy atom. The van der Waals surface area contributed by atoms with Gasteiger partial charge < -0.3 is 5.11 Å². The van der Waals surface area contributed by atoms with Crippen LogP contribution in [0.15, 0.2) is 23.2 Å². The van der Waals surface area contributed by atoms with Crippen molar-refractivity contribution in [3.63, 3.8) is 0 Å². The minimum Gasteiger partial charge on any atom is -0.393 e. The average molecular weight is 267 g/mol. The first kappa shape index (κ1) is 13.0. The first-order valence-corrected chi connectivity index (χ1v) is 7.02. The van der Waals surface area contributed by atoms with Gasteiger partial charge in [-0.2, -0.15) is 9.57 Å². The van der Waals surface area contributed by atoms with Crippen LogP contribution in [0.2, 0.25) is 0 Å². The Balaban J connectivity index is 2.22. The van der Waals surface area contributed by atoms with Crippen molar-refractivity contribution in [1.29, 1.82) is 5.26 Å². The fourth-order valence-corrected chi connectivity index (χ4v) is 3.25. The molecule has 0 spiro atoms. The van der Waals surface area contributed by atoms with Crippen molar-refractivity contribution in [2.75, 3.05) is 13.1 Å². The molecular weight excluding hydrogens is 254 g/mol. The lowest BCUT2D eigenvalue weighted by atomic mass is 10.1. The van der Waals surface area contributed by atoms with Gasteiger partial charge in [0.05, 0.1) is 6.10 Å². The number of hydrogen-bond donors (Lipinski definition) is 1. The molecular formula is C11H13N3O3S. The minimum atomic E-state index is -3.56. The summed E-state index contributed by atoms with van der Waals surface area (Å²) in [5, 5.41) is 18.0. The second-order valence-electron chi connectivity index (χ2n) is 4.13. The molecule has 0 aliphatic carbocycles. The molecule has 2 rings (SSSR count). The topological polar surface area (TPSA) is 94.3 Å². The lowest BCUT2D eigenvalue weighted by Crippen LogP contribution is -2.40. The van der Waals surface area contributed by atoms with E-state index in [9.17, 15) is 13.5 Å². The van der Waals surface area contributed by atoms with Crippen LogP contribution in [0.25, 0.3) is 0 Å². The number of hydrogen-bond acceptors (Lipinski definition) is 5. The van der Waals surface area contributed by atoms with Gasteiger partial charge in [0.1, 0.15) is 16.7 Å². The predicted molar refractivity (Wildman–Crippen MR) is 63.0 cm³/mol. The number of aliphatic hydroxyl groups excluding tert-OH is 1. The van der Waals surface area contributed by atoms with Crippen LogP contribution in [0.4, 0.5) is 0 Å². The van der Waals surface area contributed by atoms with E-state index in [0.29, 0.717) is 25.9 Å². The number of nitrogens with zero attached hydrogens (tertiary/aromatic N) is 3. The molecule has 0 radical (unpaired) electrons. The number of aliphatic hydroxyl groups is 1. The van der Waals surface area contributed by atoms with E-state index in [1.165, 1.54) is 22.6 Å². The maximum absolute atomic E-state index is 12.2. The lowest BCUT2D eigenvalue weighted by molar-refractivity contribution is 0.113. The van der Waals surface area contributed by atoms with Crippen LogP contribution in [0, 0.1) is 11.3 Å². The zero-order valence-electron chi connectivity index (χ0n) is 9.65. The molecule has 0 atom stereocenters. The molecule has 1 N–H and O–H groups in total. The Morgan fingerprint density at radius 2 is 2.06 bits per heavy atom. The zero-order valence-corrected chi connectivity index (χ0v) is 10.5. The summed E-state index contributed by atoms with van der Waals surface area (Å²) in [5.74, 6) is 0. The van der Waals surface area contributed by atoms with Crippen LogP contribution in [-0.4, -0.2) is 42.0 Å². The smallest absolute Gasteiger partial charge is 0.244 e. The van der Waals surface area contributed by atoms with Gasteiger partial charge in [-0.15, -0.1) is 0 Å². The fraction of sp³-hybridized carbons (Fsp3) is 0.455. The first-order chi connectivity index (χ1) is 8.54. The van der Waals surface area contributed by atoms with Gasteiger partial charge in [0, 0.05) is 19.3 Å². The van der Waals surface area contributed by atoms with E-state index in [1.54, 1.807) is 0 Å². The molecule has 0 bridgehead atoms. The molecule has 0 saturated carbocycles. The van der Waals surface area contributed by atoms with Gasteiger partial charge in [-0.05, 0) is 25.0 Å². The number of pyridine rings is 1. The van der Waals surface area contributed by atoms with E-state index in [2.05, 4.69) is 4.98 Å². The summed E-state index contributed by atoms with van der Waals surface area (Å²) in [6.45, 7) is 0.618. The summed E-state index contributed by atoms with van der Waals surface area (Å²) >= 11 is 0. The Morgan fingerprint density at radius 1 is 1.39 bits per heavy atom. The van der Waals surface area contributed by atoms with Crippen LogP contribution in [0.3, 0.4) is 0 Å². The second kappa shape index (κ2) is 5.02. The summed E-state index contributed by atoms with van der Waals surface area (Å²) in [5.41, 5.74) is 0.183. The Labute approximate surface area is 106 Å². The number of piperidine rings is 1. The highest BCUT2D eigenvalue weighted by Crippen LogP contribution is 2.20. The summed E-state index contributed by atoms with van der Waals surface area (Å²) in [4.78, 5) is 3.84. The Bertz CT molecular complexity index is 554. The summed E-state index contributed by atoms with van der Waals surface area (Å²) in [7, 11) is -3.56. The molecule has 1 aromatic rings. The third-order valence-corrected chi connectivity index (χ3v) is 4.79. The Kier molecular flexibility index (Phi) is 3.61. The molecule has 1 aromatic heterocycles. The summed E-state index contributed by atoms with van der Waals surface area (Å²) in [6.07, 6.45) is 1.67. The quantitative estimate of drug-likeness (QED) is 0.820. The molecule has 1 fully saturated rings. The van der Waals surface area contributed by atoms with Crippen molar-refractivity contribution < 1.29 is 13.5 Å². The van der Waals surface area contributed by atoms with Crippen LogP contribution in [-0.2, 0) is 10.0 Å². The van der Waals surface area contributed by atoms with Crippen LogP contribution >= 0.6 is 0 Å². The fourth-order valence-electron chi connectivity index (χ4n) is 1.83. The van der Waals surface area contributed by atoms with Crippen LogP contribution < -0.4 is 0 Å². The maximum Gasteiger partial charge on any atom is 0.244 e. The van der Waals surface area contributed by atoms with E-state index in [-0.39, 0.29) is 10.6 Å². The molecule has 0 aromatic carbocycles. The van der Waals surface area contributed by atoms with Gasteiger partial charge in [0.25, 0.3) is 0 Å². The largest absolute Gasteiger partial charge is 0.393 e. The summed E-state index contributed by atoms with van der Waals surface area (Å²) < 4.78 is 25.8. The van der Waals surface area contributed by atoms with Gasteiger partial charge in [0.15, 0.2) is 0 Å². The van der Waals surface area contributed by atoms with Gasteiger partial charge >= 0.3 is 0 Å². The van der Waals surface area contributed by atoms with Crippen molar-refractivity contribution in [2.45, 2.75) is 23.8 Å². The van der Waals surface area contributed by atoms with Gasteiger partial charge in [-0.1, -0.05) is 0 Å².